The molecule has 128 valence electrons. The van der Waals surface area contributed by atoms with Gasteiger partial charge in [-0.2, -0.15) is 0 Å². The first kappa shape index (κ1) is 16.3. The van der Waals surface area contributed by atoms with E-state index in [0.717, 1.165) is 37.3 Å². The molecule has 1 spiro atoms. The number of nitrogens with zero attached hydrogens (tertiary/aromatic N) is 1. The number of aromatic nitrogens is 1. The van der Waals surface area contributed by atoms with Gasteiger partial charge in [0.2, 0.25) is 0 Å². The zero-order chi connectivity index (χ0) is 16.3. The molecule has 2 aliphatic rings. The molecule has 0 aliphatic heterocycles. The first-order valence-electron chi connectivity index (χ1n) is 8.70. The van der Waals surface area contributed by atoms with Crippen LogP contribution in [0.2, 0.25) is 0 Å². The summed E-state index contributed by atoms with van der Waals surface area (Å²) in [6.45, 7) is 5.03. The van der Waals surface area contributed by atoms with Gasteiger partial charge < -0.3 is 19.8 Å². The topological polar surface area (TPSA) is 76.4 Å². The van der Waals surface area contributed by atoms with Crippen molar-refractivity contribution in [2.45, 2.75) is 71.1 Å². The van der Waals surface area contributed by atoms with Crippen molar-refractivity contribution < 1.29 is 13.9 Å². The Labute approximate surface area is 137 Å². The molecule has 2 aliphatic carbocycles. The van der Waals surface area contributed by atoms with Crippen molar-refractivity contribution in [3.8, 4) is 0 Å². The van der Waals surface area contributed by atoms with E-state index in [1.165, 1.54) is 25.7 Å². The van der Waals surface area contributed by atoms with Crippen LogP contribution in [0.1, 0.15) is 56.9 Å². The Morgan fingerprint density at radius 1 is 1.43 bits per heavy atom. The van der Waals surface area contributed by atoms with Gasteiger partial charge in [-0.05, 0) is 33.1 Å². The first-order chi connectivity index (χ1) is 11.2. The summed E-state index contributed by atoms with van der Waals surface area (Å²) in [5.74, 6) is 0.745. The fraction of sp³-hybridized carbons (Fsp3) is 0.765. The van der Waals surface area contributed by atoms with Crippen LogP contribution in [0.15, 0.2) is 10.8 Å². The highest BCUT2D eigenvalue weighted by atomic mass is 16.5. The van der Waals surface area contributed by atoms with Crippen molar-refractivity contribution in [2.75, 3.05) is 6.61 Å². The average molecular weight is 321 g/mol. The number of nitrogens with one attached hydrogen (secondary N) is 2. The van der Waals surface area contributed by atoms with Crippen molar-refractivity contribution in [2.24, 2.45) is 5.41 Å². The minimum absolute atomic E-state index is 0.128. The van der Waals surface area contributed by atoms with Gasteiger partial charge >= 0.3 is 6.03 Å². The number of rotatable bonds is 5. The molecule has 6 heteroatoms. The van der Waals surface area contributed by atoms with Gasteiger partial charge in [0.05, 0.1) is 12.6 Å². The monoisotopic (exact) mass is 321 g/mol. The lowest BCUT2D eigenvalue weighted by Gasteiger charge is -2.57. The lowest BCUT2D eigenvalue weighted by molar-refractivity contribution is -0.146. The maximum Gasteiger partial charge on any atom is 0.315 e. The molecule has 6 nitrogen and oxygen atoms in total. The predicted molar refractivity (Wildman–Crippen MR) is 85.9 cm³/mol. The molecular weight excluding hydrogens is 294 g/mol. The Balaban J connectivity index is 1.54. The summed E-state index contributed by atoms with van der Waals surface area (Å²) >= 11 is 0. The van der Waals surface area contributed by atoms with Crippen LogP contribution < -0.4 is 10.6 Å². The summed E-state index contributed by atoms with van der Waals surface area (Å²) in [5, 5.41) is 6.04. The number of oxazole rings is 1. The zero-order valence-corrected chi connectivity index (χ0v) is 14.1. The second-order valence-electron chi connectivity index (χ2n) is 6.71. The number of carbonyl (C=O) groups excluding carboxylic acids is 1. The Bertz CT molecular complexity index is 537. The molecule has 0 aromatic carbocycles. The van der Waals surface area contributed by atoms with E-state index in [-0.39, 0.29) is 17.5 Å². The highest BCUT2D eigenvalue weighted by Gasteiger charge is 2.56. The lowest BCUT2D eigenvalue weighted by atomic mass is 9.55. The quantitative estimate of drug-likeness (QED) is 0.874. The summed E-state index contributed by atoms with van der Waals surface area (Å²) in [6, 6.07) is 0.0926. The second-order valence-corrected chi connectivity index (χ2v) is 6.71. The van der Waals surface area contributed by atoms with Crippen molar-refractivity contribution in [3.05, 3.63) is 17.8 Å². The summed E-state index contributed by atoms with van der Waals surface area (Å²) in [7, 11) is 0. The van der Waals surface area contributed by atoms with Gasteiger partial charge in [-0.3, -0.25) is 0 Å². The van der Waals surface area contributed by atoms with Gasteiger partial charge in [0.1, 0.15) is 11.5 Å². The number of amides is 2. The third-order valence-electron chi connectivity index (χ3n) is 5.50. The van der Waals surface area contributed by atoms with Crippen molar-refractivity contribution in [3.63, 3.8) is 0 Å². The van der Waals surface area contributed by atoms with E-state index in [4.69, 9.17) is 9.15 Å². The summed E-state index contributed by atoms with van der Waals surface area (Å²) in [6.07, 6.45) is 8.71. The number of urea groups is 1. The van der Waals surface area contributed by atoms with E-state index in [2.05, 4.69) is 15.6 Å². The van der Waals surface area contributed by atoms with Crippen LogP contribution in [0.3, 0.4) is 0 Å². The minimum Gasteiger partial charge on any atom is -0.448 e. The molecular formula is C17H27N3O3. The van der Waals surface area contributed by atoms with Gasteiger partial charge in [0, 0.05) is 18.1 Å². The second kappa shape index (κ2) is 6.91. The third kappa shape index (κ3) is 3.22. The fourth-order valence-corrected chi connectivity index (χ4v) is 4.14. The number of carbonyl (C=O) groups is 1. The van der Waals surface area contributed by atoms with Crippen LogP contribution in [0, 0.1) is 12.3 Å². The molecule has 23 heavy (non-hydrogen) atoms. The van der Waals surface area contributed by atoms with Crippen LogP contribution in [-0.2, 0) is 11.3 Å². The van der Waals surface area contributed by atoms with Crippen LogP contribution in [0.4, 0.5) is 4.79 Å². The Morgan fingerprint density at radius 2 is 2.22 bits per heavy atom. The molecule has 2 unspecified atom stereocenters. The van der Waals surface area contributed by atoms with Gasteiger partial charge in [-0.15, -0.1) is 0 Å². The van der Waals surface area contributed by atoms with Crippen molar-refractivity contribution in [1.82, 2.24) is 15.6 Å². The van der Waals surface area contributed by atoms with Gasteiger partial charge in [0.25, 0.3) is 0 Å². The summed E-state index contributed by atoms with van der Waals surface area (Å²) in [4.78, 5) is 16.3. The Morgan fingerprint density at radius 3 is 2.87 bits per heavy atom. The maximum atomic E-state index is 12.2. The number of hydrogen-bond acceptors (Lipinski definition) is 4. The highest BCUT2D eigenvalue weighted by molar-refractivity contribution is 5.74. The maximum absolute atomic E-state index is 12.2. The molecule has 0 bridgehead atoms. The number of aryl methyl sites for hydroxylation is 1. The number of ether oxygens (including phenoxy) is 1. The van der Waals surface area contributed by atoms with E-state index in [1.54, 1.807) is 0 Å². The van der Waals surface area contributed by atoms with E-state index >= 15 is 0 Å². The summed E-state index contributed by atoms with van der Waals surface area (Å²) in [5.41, 5.74) is 0.920. The van der Waals surface area contributed by atoms with E-state index in [0.29, 0.717) is 12.6 Å². The highest BCUT2D eigenvalue weighted by Crippen LogP contribution is 2.53. The summed E-state index contributed by atoms with van der Waals surface area (Å²) < 4.78 is 11.1. The molecule has 2 saturated carbocycles. The number of hydrogen-bond donors (Lipinski definition) is 2. The van der Waals surface area contributed by atoms with Crippen LogP contribution >= 0.6 is 0 Å². The van der Waals surface area contributed by atoms with Gasteiger partial charge in [-0.1, -0.05) is 19.3 Å². The molecule has 1 aromatic rings. The van der Waals surface area contributed by atoms with Crippen LogP contribution in [0.25, 0.3) is 0 Å². The third-order valence-corrected chi connectivity index (χ3v) is 5.50. The molecule has 0 saturated heterocycles. The molecule has 2 atom stereocenters. The molecule has 0 radical (unpaired) electrons. The van der Waals surface area contributed by atoms with E-state index < -0.39 is 0 Å². The van der Waals surface area contributed by atoms with Crippen LogP contribution in [0.5, 0.6) is 0 Å². The molecule has 1 heterocycles. The smallest absolute Gasteiger partial charge is 0.315 e. The minimum atomic E-state index is -0.128. The van der Waals surface area contributed by atoms with E-state index in [1.807, 2.05) is 13.8 Å². The zero-order valence-electron chi connectivity index (χ0n) is 14.1. The molecule has 2 amide bonds. The molecule has 1 aromatic heterocycles. The normalized spacial score (nSPS) is 25.8. The fourth-order valence-electron chi connectivity index (χ4n) is 4.14. The largest absolute Gasteiger partial charge is 0.448 e. The molecule has 2 fully saturated rings. The lowest BCUT2D eigenvalue weighted by Crippen LogP contribution is -2.66. The molecule has 2 N–H and O–H groups in total. The van der Waals surface area contributed by atoms with Gasteiger partial charge in [-0.25, -0.2) is 9.78 Å². The van der Waals surface area contributed by atoms with Crippen molar-refractivity contribution in [1.29, 1.82) is 0 Å². The average Bonchev–Trinajstić information content (AvgIpc) is 2.98. The first-order valence-corrected chi connectivity index (χ1v) is 8.70. The Hall–Kier alpha value is -1.56. The van der Waals surface area contributed by atoms with Crippen molar-refractivity contribution >= 4 is 6.03 Å². The van der Waals surface area contributed by atoms with Gasteiger partial charge in [0.15, 0.2) is 6.39 Å². The SMILES string of the molecule is CCOC1CC(NC(=O)NCc2ncoc2C)C12CCCCC2. The molecule has 3 rings (SSSR count). The Kier molecular flexibility index (Phi) is 4.90. The van der Waals surface area contributed by atoms with Crippen LogP contribution in [-0.4, -0.2) is 29.8 Å². The van der Waals surface area contributed by atoms with E-state index in [9.17, 15) is 4.79 Å². The predicted octanol–water partition coefficient (Wildman–Crippen LogP) is 2.91. The standard InChI is InChI=1S/C17H27N3O3/c1-3-22-15-9-14(17(15)7-5-4-6-8-17)20-16(21)18-10-13-12(2)23-11-19-13/h11,14-15H,3-10H2,1-2H3,(H2,18,20,21).